The Morgan fingerprint density at radius 1 is 1.13 bits per heavy atom. The van der Waals surface area contributed by atoms with Crippen molar-refractivity contribution in [3.63, 3.8) is 0 Å². The van der Waals surface area contributed by atoms with Crippen LogP contribution in [0.3, 0.4) is 0 Å². The first-order valence-electron chi connectivity index (χ1n) is 9.60. The maximum Gasteiger partial charge on any atom is 0.256 e. The Morgan fingerprint density at radius 2 is 1.93 bits per heavy atom. The predicted molar refractivity (Wildman–Crippen MR) is 118 cm³/mol. The highest BCUT2D eigenvalue weighted by atomic mass is 32.2. The van der Waals surface area contributed by atoms with E-state index >= 15 is 0 Å². The molecule has 0 saturated heterocycles. The molecule has 2 aromatic heterocycles. The fraction of sp³-hybridized carbons (Fsp3) is 0.174. The van der Waals surface area contributed by atoms with Gasteiger partial charge in [-0.05, 0) is 43.7 Å². The van der Waals surface area contributed by atoms with E-state index in [1.807, 2.05) is 74.6 Å². The van der Waals surface area contributed by atoms with Crippen LogP contribution < -0.4 is 5.32 Å². The van der Waals surface area contributed by atoms with E-state index in [4.69, 9.17) is 4.52 Å². The summed E-state index contributed by atoms with van der Waals surface area (Å²) >= 11 is 1.55. The molecule has 0 atom stereocenters. The fourth-order valence-electron chi connectivity index (χ4n) is 3.07. The molecule has 0 unspecified atom stereocenters. The number of carbonyl (C=O) groups is 1. The Kier molecular flexibility index (Phi) is 5.99. The molecule has 4 aromatic rings. The van der Waals surface area contributed by atoms with Crippen molar-refractivity contribution in [1.82, 2.24) is 14.7 Å². The van der Waals surface area contributed by atoms with Gasteiger partial charge in [0, 0.05) is 35.6 Å². The minimum absolute atomic E-state index is 0.134. The smallest absolute Gasteiger partial charge is 0.256 e. The van der Waals surface area contributed by atoms with Gasteiger partial charge in [-0.1, -0.05) is 29.4 Å². The lowest BCUT2D eigenvalue weighted by atomic mass is 10.1. The van der Waals surface area contributed by atoms with Crippen molar-refractivity contribution >= 4 is 23.4 Å². The lowest BCUT2D eigenvalue weighted by Gasteiger charge is -2.10. The van der Waals surface area contributed by atoms with Gasteiger partial charge in [-0.2, -0.15) is 0 Å². The SMILES string of the molecule is Cc1cc(CSc2ccccc2C(=O)Nc2ccc(Cn3ccnc3C)cc2)on1. The van der Waals surface area contributed by atoms with Crippen molar-refractivity contribution in [2.24, 2.45) is 0 Å². The van der Waals surface area contributed by atoms with Gasteiger partial charge in [0.2, 0.25) is 0 Å². The highest BCUT2D eigenvalue weighted by molar-refractivity contribution is 7.98. The number of aryl methyl sites for hydroxylation is 2. The highest BCUT2D eigenvalue weighted by Gasteiger charge is 2.13. The van der Waals surface area contributed by atoms with E-state index in [0.717, 1.165) is 40.0 Å². The summed E-state index contributed by atoms with van der Waals surface area (Å²) in [5.41, 5.74) is 3.39. The Morgan fingerprint density at radius 3 is 2.63 bits per heavy atom. The summed E-state index contributed by atoms with van der Waals surface area (Å²) < 4.78 is 7.34. The van der Waals surface area contributed by atoms with Gasteiger partial charge in [0.25, 0.3) is 5.91 Å². The van der Waals surface area contributed by atoms with Crippen molar-refractivity contribution in [2.45, 2.75) is 31.0 Å². The summed E-state index contributed by atoms with van der Waals surface area (Å²) in [6.45, 7) is 4.62. The van der Waals surface area contributed by atoms with Gasteiger partial charge in [-0.15, -0.1) is 11.8 Å². The fourth-order valence-corrected chi connectivity index (χ4v) is 4.00. The lowest BCUT2D eigenvalue weighted by Crippen LogP contribution is -2.13. The molecule has 7 heteroatoms. The largest absolute Gasteiger partial charge is 0.360 e. The van der Waals surface area contributed by atoms with Crippen LogP contribution >= 0.6 is 11.8 Å². The van der Waals surface area contributed by atoms with Crippen LogP contribution in [0.1, 0.15) is 33.2 Å². The Labute approximate surface area is 179 Å². The van der Waals surface area contributed by atoms with Gasteiger partial charge >= 0.3 is 0 Å². The molecule has 1 amide bonds. The molecule has 0 aliphatic carbocycles. The number of hydrogen-bond donors (Lipinski definition) is 1. The molecular weight excluding hydrogens is 396 g/mol. The van der Waals surface area contributed by atoms with Gasteiger partial charge < -0.3 is 14.4 Å². The zero-order chi connectivity index (χ0) is 20.9. The first kappa shape index (κ1) is 20.0. The van der Waals surface area contributed by atoms with Gasteiger partial charge in [-0.25, -0.2) is 4.98 Å². The van der Waals surface area contributed by atoms with Crippen LogP contribution in [-0.4, -0.2) is 20.6 Å². The van der Waals surface area contributed by atoms with Crippen molar-refractivity contribution in [3.05, 3.63) is 95.4 Å². The molecule has 152 valence electrons. The van der Waals surface area contributed by atoms with Crippen molar-refractivity contribution in [3.8, 4) is 0 Å². The monoisotopic (exact) mass is 418 g/mol. The number of nitrogens with one attached hydrogen (secondary N) is 1. The molecule has 0 fully saturated rings. The molecule has 1 N–H and O–H groups in total. The predicted octanol–water partition coefficient (Wildman–Crippen LogP) is 5.08. The number of thioether (sulfide) groups is 1. The summed E-state index contributed by atoms with van der Waals surface area (Å²) in [6.07, 6.45) is 3.75. The number of anilines is 1. The second-order valence-corrected chi connectivity index (χ2v) is 7.99. The third-order valence-electron chi connectivity index (χ3n) is 4.67. The van der Waals surface area contributed by atoms with E-state index < -0.39 is 0 Å². The van der Waals surface area contributed by atoms with E-state index in [1.54, 1.807) is 18.0 Å². The number of aromatic nitrogens is 3. The minimum atomic E-state index is -0.134. The minimum Gasteiger partial charge on any atom is -0.360 e. The van der Waals surface area contributed by atoms with E-state index in [-0.39, 0.29) is 5.91 Å². The first-order valence-corrected chi connectivity index (χ1v) is 10.6. The standard InChI is InChI=1S/C23H22N4O2S/c1-16-13-20(29-26-16)15-30-22-6-4-3-5-21(22)23(28)25-19-9-7-18(8-10-19)14-27-12-11-24-17(27)2/h3-13H,14-15H2,1-2H3,(H,25,28). The van der Waals surface area contributed by atoms with E-state index in [2.05, 4.69) is 20.0 Å². The number of rotatable bonds is 7. The number of nitrogens with zero attached hydrogens (tertiary/aromatic N) is 3. The second kappa shape index (κ2) is 9.00. The maximum atomic E-state index is 12.9. The normalized spacial score (nSPS) is 10.9. The van der Waals surface area contributed by atoms with Gasteiger partial charge in [0.1, 0.15) is 11.6 Å². The van der Waals surface area contributed by atoms with Crippen molar-refractivity contribution < 1.29 is 9.32 Å². The zero-order valence-electron chi connectivity index (χ0n) is 16.8. The summed E-state index contributed by atoms with van der Waals surface area (Å²) in [7, 11) is 0. The first-order chi connectivity index (χ1) is 14.6. The average molecular weight is 419 g/mol. The molecule has 2 aromatic carbocycles. The second-order valence-electron chi connectivity index (χ2n) is 6.97. The molecule has 0 radical (unpaired) electrons. The van der Waals surface area contributed by atoms with Crippen LogP contribution in [0.15, 0.2) is 76.4 Å². The molecule has 0 aliphatic rings. The van der Waals surface area contributed by atoms with Crippen LogP contribution in [0.4, 0.5) is 5.69 Å². The zero-order valence-corrected chi connectivity index (χ0v) is 17.6. The molecule has 4 rings (SSSR count). The van der Waals surface area contributed by atoms with Crippen LogP contribution in [0, 0.1) is 13.8 Å². The summed E-state index contributed by atoms with van der Waals surface area (Å²) in [5.74, 6) is 2.25. The molecule has 0 aliphatic heterocycles. The maximum absolute atomic E-state index is 12.9. The Bertz CT molecular complexity index is 1150. The lowest BCUT2D eigenvalue weighted by molar-refractivity contribution is 0.102. The Balaban J connectivity index is 1.41. The molecule has 0 saturated carbocycles. The number of hydrogen-bond acceptors (Lipinski definition) is 5. The third kappa shape index (κ3) is 4.80. The number of amides is 1. The third-order valence-corrected chi connectivity index (χ3v) is 5.76. The van der Waals surface area contributed by atoms with Crippen molar-refractivity contribution in [1.29, 1.82) is 0 Å². The van der Waals surface area contributed by atoms with Gasteiger partial charge in [0.05, 0.1) is 17.0 Å². The molecular formula is C23H22N4O2S. The van der Waals surface area contributed by atoms with E-state index in [0.29, 0.717) is 11.3 Å². The Hall–Kier alpha value is -3.32. The highest BCUT2D eigenvalue weighted by Crippen LogP contribution is 2.27. The number of imidazole rings is 1. The summed E-state index contributed by atoms with van der Waals surface area (Å²) in [6, 6.07) is 17.4. The molecule has 6 nitrogen and oxygen atoms in total. The molecule has 0 bridgehead atoms. The van der Waals surface area contributed by atoms with Crippen LogP contribution in [0.2, 0.25) is 0 Å². The summed E-state index contributed by atoms with van der Waals surface area (Å²) in [5, 5.41) is 6.90. The van der Waals surface area contributed by atoms with Gasteiger partial charge in [0.15, 0.2) is 0 Å². The van der Waals surface area contributed by atoms with Crippen LogP contribution in [-0.2, 0) is 12.3 Å². The molecule has 0 spiro atoms. The quantitative estimate of drug-likeness (QED) is 0.424. The van der Waals surface area contributed by atoms with Crippen molar-refractivity contribution in [2.75, 3.05) is 5.32 Å². The van der Waals surface area contributed by atoms with Gasteiger partial charge in [-0.3, -0.25) is 4.79 Å². The van der Waals surface area contributed by atoms with Crippen LogP contribution in [0.25, 0.3) is 0 Å². The summed E-state index contributed by atoms with van der Waals surface area (Å²) in [4.78, 5) is 18.0. The molecule has 30 heavy (non-hydrogen) atoms. The molecule has 2 heterocycles. The topological polar surface area (TPSA) is 73.0 Å². The number of benzene rings is 2. The number of carbonyl (C=O) groups excluding carboxylic acids is 1. The van der Waals surface area contributed by atoms with E-state index in [9.17, 15) is 4.79 Å². The van der Waals surface area contributed by atoms with E-state index in [1.165, 1.54) is 0 Å². The average Bonchev–Trinajstić information content (AvgIpc) is 3.36. The van der Waals surface area contributed by atoms with Crippen LogP contribution in [0.5, 0.6) is 0 Å².